The highest BCUT2D eigenvalue weighted by atomic mass is 16.3. The summed E-state index contributed by atoms with van der Waals surface area (Å²) in [5.41, 5.74) is 4.88. The predicted molar refractivity (Wildman–Crippen MR) is 97.2 cm³/mol. The average molecular weight is 337 g/mol. The van der Waals surface area contributed by atoms with Crippen molar-refractivity contribution in [3.05, 3.63) is 83.1 Å². The molecule has 0 radical (unpaired) electrons. The molecule has 3 aromatic rings. The van der Waals surface area contributed by atoms with Gasteiger partial charge >= 0.3 is 6.03 Å². The van der Waals surface area contributed by atoms with Gasteiger partial charge in [0.15, 0.2) is 0 Å². The first-order chi connectivity index (χ1) is 12.1. The Kier molecular flexibility index (Phi) is 5.23. The molecule has 0 fully saturated rings. The molecule has 0 bridgehead atoms. The van der Waals surface area contributed by atoms with E-state index in [4.69, 9.17) is 4.42 Å². The molecule has 0 aliphatic carbocycles. The summed E-state index contributed by atoms with van der Waals surface area (Å²) in [5, 5.41) is 5.67. The van der Waals surface area contributed by atoms with Gasteiger partial charge in [-0.25, -0.2) is 4.79 Å². The molecule has 0 saturated heterocycles. The number of aryl methyl sites for hydroxylation is 2. The number of rotatable bonds is 6. The summed E-state index contributed by atoms with van der Waals surface area (Å²) < 4.78 is 7.36. The van der Waals surface area contributed by atoms with Crippen molar-refractivity contribution in [2.75, 3.05) is 0 Å². The Bertz CT molecular complexity index is 835. The number of amides is 2. The lowest BCUT2D eigenvalue weighted by molar-refractivity contribution is 0.239. The summed E-state index contributed by atoms with van der Waals surface area (Å²) in [6, 6.07) is 13.9. The fourth-order valence-corrected chi connectivity index (χ4v) is 2.73. The third kappa shape index (κ3) is 4.53. The van der Waals surface area contributed by atoms with Crippen LogP contribution in [0, 0.1) is 13.8 Å². The maximum atomic E-state index is 11.9. The number of nitrogens with zero attached hydrogens (tertiary/aromatic N) is 1. The van der Waals surface area contributed by atoms with Gasteiger partial charge in [-0.3, -0.25) is 0 Å². The van der Waals surface area contributed by atoms with Gasteiger partial charge in [0.25, 0.3) is 0 Å². The zero-order valence-electron chi connectivity index (χ0n) is 14.6. The summed E-state index contributed by atoms with van der Waals surface area (Å²) in [6.45, 7) is 5.87. The standard InChI is InChI=1S/C20H23N3O2/c1-15-7-8-16(2)17(11-15)14-23-9-3-5-18(23)12-21-20(24)22-13-19-6-4-10-25-19/h3-11H,12-14H2,1-2H3,(H2,21,22,24). The van der Waals surface area contributed by atoms with E-state index in [9.17, 15) is 4.79 Å². The molecule has 25 heavy (non-hydrogen) atoms. The lowest BCUT2D eigenvalue weighted by Gasteiger charge is -2.13. The van der Waals surface area contributed by atoms with Gasteiger partial charge in [-0.05, 0) is 49.2 Å². The molecule has 130 valence electrons. The van der Waals surface area contributed by atoms with Gasteiger partial charge in [-0.15, -0.1) is 0 Å². The van der Waals surface area contributed by atoms with Crippen LogP contribution in [-0.4, -0.2) is 10.6 Å². The first-order valence-corrected chi connectivity index (χ1v) is 8.36. The average Bonchev–Trinajstić information content (AvgIpc) is 3.26. The fraction of sp³-hybridized carbons (Fsp3) is 0.250. The van der Waals surface area contributed by atoms with Crippen LogP contribution in [0.2, 0.25) is 0 Å². The minimum Gasteiger partial charge on any atom is -0.467 e. The summed E-state index contributed by atoms with van der Waals surface area (Å²) in [5.74, 6) is 0.730. The first kappa shape index (κ1) is 16.9. The Morgan fingerprint density at radius 3 is 2.72 bits per heavy atom. The number of carbonyl (C=O) groups is 1. The van der Waals surface area contributed by atoms with E-state index >= 15 is 0 Å². The second-order valence-electron chi connectivity index (χ2n) is 6.17. The van der Waals surface area contributed by atoms with Crippen molar-refractivity contribution in [3.8, 4) is 0 Å². The van der Waals surface area contributed by atoms with Gasteiger partial charge in [0.2, 0.25) is 0 Å². The molecule has 0 aliphatic rings. The van der Waals surface area contributed by atoms with E-state index in [1.54, 1.807) is 12.3 Å². The molecule has 2 N–H and O–H groups in total. The van der Waals surface area contributed by atoms with Crippen molar-refractivity contribution >= 4 is 6.03 Å². The zero-order chi connectivity index (χ0) is 17.6. The number of nitrogens with one attached hydrogen (secondary N) is 2. The molecule has 0 spiro atoms. The molecule has 2 amide bonds. The van der Waals surface area contributed by atoms with Crippen molar-refractivity contribution in [3.63, 3.8) is 0 Å². The monoisotopic (exact) mass is 337 g/mol. The third-order valence-electron chi connectivity index (χ3n) is 4.20. The summed E-state index contributed by atoms with van der Waals surface area (Å²) >= 11 is 0. The Balaban J connectivity index is 1.56. The van der Waals surface area contributed by atoms with E-state index in [1.807, 2.05) is 24.4 Å². The second kappa shape index (κ2) is 7.75. The zero-order valence-corrected chi connectivity index (χ0v) is 14.6. The molecular weight excluding hydrogens is 314 g/mol. The molecule has 0 saturated carbocycles. The Morgan fingerprint density at radius 2 is 1.92 bits per heavy atom. The maximum absolute atomic E-state index is 11.9. The molecule has 2 aromatic heterocycles. The SMILES string of the molecule is Cc1ccc(C)c(Cn2cccc2CNC(=O)NCc2ccco2)c1. The van der Waals surface area contributed by atoms with Crippen molar-refractivity contribution < 1.29 is 9.21 Å². The quantitative estimate of drug-likeness (QED) is 0.720. The summed E-state index contributed by atoms with van der Waals surface area (Å²) in [6.07, 6.45) is 3.63. The van der Waals surface area contributed by atoms with Crippen LogP contribution in [0.4, 0.5) is 4.79 Å². The molecule has 0 unspecified atom stereocenters. The molecule has 0 aliphatic heterocycles. The van der Waals surface area contributed by atoms with Crippen LogP contribution in [0.5, 0.6) is 0 Å². The van der Waals surface area contributed by atoms with Crippen LogP contribution >= 0.6 is 0 Å². The van der Waals surface area contributed by atoms with Gasteiger partial charge in [0.1, 0.15) is 5.76 Å². The van der Waals surface area contributed by atoms with E-state index in [1.165, 1.54) is 16.7 Å². The lowest BCUT2D eigenvalue weighted by atomic mass is 10.1. The van der Waals surface area contributed by atoms with Crippen LogP contribution in [0.15, 0.2) is 59.3 Å². The number of carbonyl (C=O) groups excluding carboxylic acids is 1. The van der Waals surface area contributed by atoms with Crippen molar-refractivity contribution in [1.29, 1.82) is 0 Å². The molecule has 1 aromatic carbocycles. The molecule has 2 heterocycles. The van der Waals surface area contributed by atoms with Gasteiger partial charge < -0.3 is 19.6 Å². The van der Waals surface area contributed by atoms with Crippen molar-refractivity contribution in [2.24, 2.45) is 0 Å². The van der Waals surface area contributed by atoms with E-state index in [-0.39, 0.29) is 6.03 Å². The van der Waals surface area contributed by atoms with Crippen LogP contribution in [-0.2, 0) is 19.6 Å². The highest BCUT2D eigenvalue weighted by Crippen LogP contribution is 2.14. The number of benzene rings is 1. The van der Waals surface area contributed by atoms with Crippen LogP contribution < -0.4 is 10.6 Å². The minimum atomic E-state index is -0.212. The van der Waals surface area contributed by atoms with E-state index < -0.39 is 0 Å². The Morgan fingerprint density at radius 1 is 1.08 bits per heavy atom. The molecule has 5 heteroatoms. The third-order valence-corrected chi connectivity index (χ3v) is 4.20. The highest BCUT2D eigenvalue weighted by molar-refractivity contribution is 5.73. The Labute approximate surface area is 147 Å². The van der Waals surface area contributed by atoms with Crippen LogP contribution in [0.3, 0.4) is 0 Å². The number of hydrogen-bond donors (Lipinski definition) is 2. The number of furan rings is 1. The number of urea groups is 1. The lowest BCUT2D eigenvalue weighted by Crippen LogP contribution is -2.35. The largest absolute Gasteiger partial charge is 0.467 e. The van der Waals surface area contributed by atoms with E-state index in [0.717, 1.165) is 18.0 Å². The van der Waals surface area contributed by atoms with Crippen LogP contribution in [0.1, 0.15) is 28.1 Å². The van der Waals surface area contributed by atoms with Crippen molar-refractivity contribution in [1.82, 2.24) is 15.2 Å². The van der Waals surface area contributed by atoms with Crippen molar-refractivity contribution in [2.45, 2.75) is 33.5 Å². The smallest absolute Gasteiger partial charge is 0.315 e. The van der Waals surface area contributed by atoms with E-state index in [2.05, 4.69) is 47.2 Å². The summed E-state index contributed by atoms with van der Waals surface area (Å²) in [4.78, 5) is 11.9. The van der Waals surface area contributed by atoms with Crippen LogP contribution in [0.25, 0.3) is 0 Å². The van der Waals surface area contributed by atoms with Gasteiger partial charge in [0, 0.05) is 18.4 Å². The van der Waals surface area contributed by atoms with E-state index in [0.29, 0.717) is 13.1 Å². The highest BCUT2D eigenvalue weighted by Gasteiger charge is 2.07. The molecular formula is C20H23N3O2. The second-order valence-corrected chi connectivity index (χ2v) is 6.17. The van der Waals surface area contributed by atoms with Gasteiger partial charge in [0.05, 0.1) is 19.4 Å². The topological polar surface area (TPSA) is 59.2 Å². The number of hydrogen-bond acceptors (Lipinski definition) is 2. The fourth-order valence-electron chi connectivity index (χ4n) is 2.73. The normalized spacial score (nSPS) is 10.6. The first-order valence-electron chi connectivity index (χ1n) is 8.36. The summed E-state index contributed by atoms with van der Waals surface area (Å²) in [7, 11) is 0. The van der Waals surface area contributed by atoms with Gasteiger partial charge in [-0.1, -0.05) is 23.8 Å². The maximum Gasteiger partial charge on any atom is 0.315 e. The number of aromatic nitrogens is 1. The molecule has 5 nitrogen and oxygen atoms in total. The van der Waals surface area contributed by atoms with Gasteiger partial charge in [-0.2, -0.15) is 0 Å². The molecule has 0 atom stereocenters. The Hall–Kier alpha value is -2.95. The molecule has 3 rings (SSSR count). The minimum absolute atomic E-state index is 0.212. The predicted octanol–water partition coefficient (Wildman–Crippen LogP) is 3.75.